The molecular formula is C27H28F2N4O3. The Morgan fingerprint density at radius 3 is 2.81 bits per heavy atom. The minimum Gasteiger partial charge on any atom is -0.481 e. The van der Waals surface area contributed by atoms with Crippen molar-refractivity contribution in [2.45, 2.75) is 43.9 Å². The van der Waals surface area contributed by atoms with Crippen LogP contribution in [0.1, 0.15) is 42.9 Å². The third-order valence-corrected chi connectivity index (χ3v) is 6.90. The van der Waals surface area contributed by atoms with E-state index in [1.165, 1.54) is 6.07 Å². The summed E-state index contributed by atoms with van der Waals surface area (Å²) >= 11 is 0. The number of carbonyl (C=O) groups excluding carboxylic acids is 1. The van der Waals surface area contributed by atoms with Gasteiger partial charge in [0.05, 0.1) is 24.7 Å². The Hall–Kier alpha value is -3.59. The Bertz CT molecular complexity index is 1280. The molecule has 0 bridgehead atoms. The van der Waals surface area contributed by atoms with Gasteiger partial charge in [-0.15, -0.1) is 0 Å². The number of halogens is 2. The first-order valence-electron chi connectivity index (χ1n) is 12.1. The maximum Gasteiger partial charge on any atom is 0.410 e. The first-order valence-corrected chi connectivity index (χ1v) is 12.1. The van der Waals surface area contributed by atoms with Gasteiger partial charge in [-0.1, -0.05) is 12.2 Å². The average molecular weight is 495 g/mol. The second kappa shape index (κ2) is 10.6. The van der Waals surface area contributed by atoms with Crippen LogP contribution in [0.4, 0.5) is 13.6 Å². The minimum absolute atomic E-state index is 0.119. The lowest BCUT2D eigenvalue weighted by molar-refractivity contribution is 0.122. The Morgan fingerprint density at radius 2 is 2.00 bits per heavy atom. The number of carbonyl (C=O) groups is 1. The van der Waals surface area contributed by atoms with Crippen LogP contribution in [0.5, 0.6) is 5.88 Å². The summed E-state index contributed by atoms with van der Waals surface area (Å²) in [5.74, 6) is -0.420. The quantitative estimate of drug-likeness (QED) is 0.497. The normalized spacial score (nSPS) is 22.4. The van der Waals surface area contributed by atoms with Crippen molar-refractivity contribution >= 4 is 23.2 Å². The lowest BCUT2D eigenvalue weighted by Crippen LogP contribution is -2.43. The Kier molecular flexibility index (Phi) is 7.09. The molecule has 1 amide bonds. The summed E-state index contributed by atoms with van der Waals surface area (Å²) in [6.45, 7) is 1.03. The number of rotatable bonds is 7. The second-order valence-electron chi connectivity index (χ2n) is 9.13. The van der Waals surface area contributed by atoms with Crippen LogP contribution in [0.15, 0.2) is 48.7 Å². The molecule has 1 atom stereocenters. The number of aromatic nitrogens is 2. The molecule has 1 unspecified atom stereocenters. The maximum atomic E-state index is 13.7. The number of cyclic esters (lactones) is 1. The molecule has 7 nitrogen and oxygen atoms in total. The number of amides is 1. The molecule has 3 heterocycles. The van der Waals surface area contributed by atoms with E-state index < -0.39 is 17.7 Å². The molecule has 9 heteroatoms. The molecule has 1 N–H and O–H groups in total. The molecule has 1 aliphatic heterocycles. The Balaban J connectivity index is 1.15. The number of nitrogens with one attached hydrogen (secondary N) is 1. The van der Waals surface area contributed by atoms with Gasteiger partial charge in [0, 0.05) is 42.0 Å². The van der Waals surface area contributed by atoms with Gasteiger partial charge in [0.25, 0.3) is 0 Å². The highest BCUT2D eigenvalue weighted by Crippen LogP contribution is 2.34. The van der Waals surface area contributed by atoms with Crippen molar-refractivity contribution in [2.24, 2.45) is 0 Å². The number of hydrogen-bond donors (Lipinski definition) is 1. The largest absolute Gasteiger partial charge is 0.481 e. The van der Waals surface area contributed by atoms with Crippen LogP contribution in [-0.4, -0.2) is 53.2 Å². The second-order valence-corrected chi connectivity index (χ2v) is 9.13. The van der Waals surface area contributed by atoms with E-state index in [1.807, 2.05) is 17.0 Å². The van der Waals surface area contributed by atoms with Gasteiger partial charge in [-0.2, -0.15) is 0 Å². The van der Waals surface area contributed by atoms with Crippen LogP contribution in [0.3, 0.4) is 0 Å². The highest BCUT2D eigenvalue weighted by Gasteiger charge is 2.39. The van der Waals surface area contributed by atoms with Gasteiger partial charge in [0.15, 0.2) is 0 Å². The van der Waals surface area contributed by atoms with E-state index in [1.54, 1.807) is 31.5 Å². The van der Waals surface area contributed by atoms with Gasteiger partial charge >= 0.3 is 6.09 Å². The monoisotopic (exact) mass is 494 g/mol. The third-order valence-electron chi connectivity index (χ3n) is 6.90. The van der Waals surface area contributed by atoms with Crippen molar-refractivity contribution in [1.82, 2.24) is 20.2 Å². The number of nitrogens with zero attached hydrogens (tertiary/aromatic N) is 3. The first kappa shape index (κ1) is 24.1. The van der Waals surface area contributed by atoms with E-state index in [2.05, 4.69) is 15.3 Å². The smallest absolute Gasteiger partial charge is 0.410 e. The predicted octanol–water partition coefficient (Wildman–Crippen LogP) is 5.02. The van der Waals surface area contributed by atoms with Crippen molar-refractivity contribution in [3.63, 3.8) is 0 Å². The summed E-state index contributed by atoms with van der Waals surface area (Å²) in [6, 6.07) is 9.29. The van der Waals surface area contributed by atoms with Crippen LogP contribution in [0.25, 0.3) is 17.1 Å². The van der Waals surface area contributed by atoms with Crippen LogP contribution < -0.4 is 10.1 Å². The zero-order valence-electron chi connectivity index (χ0n) is 20.0. The van der Waals surface area contributed by atoms with Crippen LogP contribution >= 0.6 is 0 Å². The number of methoxy groups -OCH3 is 1. The van der Waals surface area contributed by atoms with E-state index in [0.717, 1.165) is 48.9 Å². The predicted molar refractivity (Wildman–Crippen MR) is 131 cm³/mol. The van der Waals surface area contributed by atoms with Crippen molar-refractivity contribution in [3.8, 4) is 5.88 Å². The average Bonchev–Trinajstić information content (AvgIpc) is 3.29. The highest BCUT2D eigenvalue weighted by molar-refractivity contribution is 5.80. The van der Waals surface area contributed by atoms with E-state index >= 15 is 0 Å². The van der Waals surface area contributed by atoms with Crippen molar-refractivity contribution in [1.29, 1.82) is 0 Å². The van der Waals surface area contributed by atoms with Gasteiger partial charge in [-0.3, -0.25) is 4.98 Å². The summed E-state index contributed by atoms with van der Waals surface area (Å²) in [5.41, 5.74) is 2.46. The van der Waals surface area contributed by atoms with Crippen LogP contribution in [0, 0.1) is 11.6 Å². The standard InChI is InChI=1S/C27H28F2N4O3/c1-35-25-11-10-23-26(32-25)21(12-14-31-23)24-16-33(27(34)36-24)20-7-5-19(6-8-20)30-13-2-3-17-15-18(28)4-9-22(17)29/h2-4,9-12,14-15,19-20,24,30H,5-8,13,16H2,1H3/b3-2+. The molecule has 2 fully saturated rings. The molecule has 2 aromatic heterocycles. The lowest BCUT2D eigenvalue weighted by Gasteiger charge is -2.33. The molecule has 36 heavy (non-hydrogen) atoms. The molecule has 3 aromatic rings. The number of pyridine rings is 2. The third kappa shape index (κ3) is 5.16. The van der Waals surface area contributed by atoms with Gasteiger partial charge in [-0.25, -0.2) is 18.6 Å². The fraction of sp³-hybridized carbons (Fsp3) is 0.370. The SMILES string of the molecule is COc1ccc2nccc(C3CN(C4CCC(NC/C=C/c5cc(F)ccc5F)CC4)C(=O)O3)c2n1. The molecule has 188 valence electrons. The molecule has 2 aliphatic rings. The van der Waals surface area contributed by atoms with Crippen LogP contribution in [0.2, 0.25) is 0 Å². The summed E-state index contributed by atoms with van der Waals surface area (Å²) < 4.78 is 38.0. The summed E-state index contributed by atoms with van der Waals surface area (Å²) in [7, 11) is 1.56. The molecule has 0 spiro atoms. The molecule has 1 saturated heterocycles. The lowest BCUT2D eigenvalue weighted by atomic mass is 9.90. The first-order chi connectivity index (χ1) is 17.5. The van der Waals surface area contributed by atoms with Crippen LogP contribution in [-0.2, 0) is 4.74 Å². The summed E-state index contributed by atoms with van der Waals surface area (Å²) in [4.78, 5) is 23.5. The van der Waals surface area contributed by atoms with E-state index in [0.29, 0.717) is 30.5 Å². The zero-order valence-corrected chi connectivity index (χ0v) is 20.0. The van der Waals surface area contributed by atoms with E-state index in [-0.39, 0.29) is 17.7 Å². The van der Waals surface area contributed by atoms with Crippen molar-refractivity contribution in [3.05, 3.63) is 71.4 Å². The van der Waals surface area contributed by atoms with Gasteiger partial charge in [0.2, 0.25) is 5.88 Å². The van der Waals surface area contributed by atoms with Gasteiger partial charge in [0.1, 0.15) is 17.7 Å². The topological polar surface area (TPSA) is 76.6 Å². The molecule has 0 radical (unpaired) electrons. The molecular weight excluding hydrogens is 466 g/mol. The number of ether oxygens (including phenoxy) is 2. The van der Waals surface area contributed by atoms with Gasteiger partial charge < -0.3 is 19.7 Å². The summed E-state index contributed by atoms with van der Waals surface area (Å²) in [5, 5.41) is 3.45. The van der Waals surface area contributed by atoms with Crippen molar-refractivity contribution in [2.75, 3.05) is 20.2 Å². The van der Waals surface area contributed by atoms with E-state index in [9.17, 15) is 13.6 Å². The fourth-order valence-electron chi connectivity index (χ4n) is 5.00. The van der Waals surface area contributed by atoms with Gasteiger partial charge in [-0.05, 0) is 56.0 Å². The molecule has 1 aromatic carbocycles. The van der Waals surface area contributed by atoms with Crippen molar-refractivity contribution < 1.29 is 23.0 Å². The zero-order chi connectivity index (χ0) is 25.1. The maximum absolute atomic E-state index is 13.7. The number of hydrogen-bond acceptors (Lipinski definition) is 6. The summed E-state index contributed by atoms with van der Waals surface area (Å²) in [6.07, 6.45) is 7.94. The number of fused-ring (bicyclic) bond motifs is 1. The highest BCUT2D eigenvalue weighted by atomic mass is 19.1. The minimum atomic E-state index is -0.460. The molecule has 1 aliphatic carbocycles. The van der Waals surface area contributed by atoms with E-state index in [4.69, 9.17) is 9.47 Å². The number of benzene rings is 1. The Labute approximate surface area is 208 Å². The fourth-order valence-corrected chi connectivity index (χ4v) is 5.00. The molecule has 5 rings (SSSR count). The Morgan fingerprint density at radius 1 is 1.17 bits per heavy atom. The molecule has 1 saturated carbocycles.